The Hall–Kier alpha value is -1.89. The molecule has 0 radical (unpaired) electrons. The van der Waals surface area contributed by atoms with E-state index in [9.17, 15) is 8.42 Å². The Bertz CT molecular complexity index is 872. The highest BCUT2D eigenvalue weighted by Crippen LogP contribution is 2.27. The van der Waals surface area contributed by atoms with Gasteiger partial charge in [-0.1, -0.05) is 58.4 Å². The van der Waals surface area contributed by atoms with Gasteiger partial charge < -0.3 is 4.74 Å². The summed E-state index contributed by atoms with van der Waals surface area (Å²) in [6.07, 6.45) is 3.25. The van der Waals surface area contributed by atoms with Crippen LogP contribution in [-0.2, 0) is 14.8 Å². The summed E-state index contributed by atoms with van der Waals surface area (Å²) in [5.74, 6) is 0.487. The summed E-state index contributed by atoms with van der Waals surface area (Å²) in [5.41, 5.74) is 1.76. The lowest BCUT2D eigenvalue weighted by Gasteiger charge is -2.22. The molecule has 0 spiro atoms. The first-order chi connectivity index (χ1) is 12.4. The van der Waals surface area contributed by atoms with Crippen molar-refractivity contribution in [3.05, 3.63) is 88.6 Å². The van der Waals surface area contributed by atoms with Crippen molar-refractivity contribution in [1.82, 2.24) is 4.72 Å². The SMILES string of the molecule is C=C/C=C(/OCC)C(NS(=O)(=O)c1ccc(C)cc1)c1ccc(Br)cc1. The molecule has 1 N–H and O–H groups in total. The molecule has 0 saturated heterocycles. The standard InChI is InChI=1S/C20H22BrNO3S/c1-4-6-19(25-5-2)20(16-9-11-17(21)12-10-16)22-26(23,24)18-13-7-15(3)8-14-18/h4,6-14,20,22H,1,5H2,2-3H3/b19-6+. The second-order valence-electron chi connectivity index (χ2n) is 5.66. The van der Waals surface area contributed by atoms with Crippen molar-refractivity contribution < 1.29 is 13.2 Å². The molecule has 0 aliphatic carbocycles. The Morgan fingerprint density at radius 3 is 2.35 bits per heavy atom. The van der Waals surface area contributed by atoms with E-state index in [1.165, 1.54) is 0 Å². The number of benzene rings is 2. The first-order valence-electron chi connectivity index (χ1n) is 8.17. The second kappa shape index (κ2) is 9.16. The van der Waals surface area contributed by atoms with Crippen molar-refractivity contribution in [3.63, 3.8) is 0 Å². The van der Waals surface area contributed by atoms with E-state index in [0.717, 1.165) is 15.6 Å². The molecule has 2 aromatic carbocycles. The molecule has 0 amide bonds. The van der Waals surface area contributed by atoms with Gasteiger partial charge in [-0.05, 0) is 49.8 Å². The Balaban J connectivity index is 2.46. The fourth-order valence-electron chi connectivity index (χ4n) is 2.40. The van der Waals surface area contributed by atoms with Crippen molar-refractivity contribution in [2.24, 2.45) is 0 Å². The zero-order valence-electron chi connectivity index (χ0n) is 14.8. The Kier molecular flexibility index (Phi) is 7.20. The molecule has 2 aromatic rings. The number of allylic oxidation sites excluding steroid dienone is 2. The molecular weight excluding hydrogens is 414 g/mol. The van der Waals surface area contributed by atoms with Crippen LogP contribution in [0.25, 0.3) is 0 Å². The van der Waals surface area contributed by atoms with E-state index in [4.69, 9.17) is 4.74 Å². The molecule has 0 aromatic heterocycles. The van der Waals surface area contributed by atoms with Crippen LogP contribution < -0.4 is 4.72 Å². The van der Waals surface area contributed by atoms with E-state index in [0.29, 0.717) is 12.4 Å². The van der Waals surface area contributed by atoms with Crippen LogP contribution in [0.3, 0.4) is 0 Å². The van der Waals surface area contributed by atoms with Gasteiger partial charge in [-0.25, -0.2) is 8.42 Å². The molecule has 1 atom stereocenters. The molecule has 0 saturated carbocycles. The van der Waals surface area contributed by atoms with Crippen molar-refractivity contribution in [2.75, 3.05) is 6.61 Å². The molecular formula is C20H22BrNO3S. The zero-order chi connectivity index (χ0) is 19.2. The van der Waals surface area contributed by atoms with Crippen molar-refractivity contribution >= 4 is 26.0 Å². The monoisotopic (exact) mass is 435 g/mol. The van der Waals surface area contributed by atoms with Gasteiger partial charge in [-0.15, -0.1) is 0 Å². The quantitative estimate of drug-likeness (QED) is 0.474. The van der Waals surface area contributed by atoms with E-state index >= 15 is 0 Å². The topological polar surface area (TPSA) is 55.4 Å². The number of sulfonamides is 1. The molecule has 0 bridgehead atoms. The maximum Gasteiger partial charge on any atom is 0.241 e. The van der Waals surface area contributed by atoms with Crippen LogP contribution in [-0.4, -0.2) is 15.0 Å². The molecule has 1 unspecified atom stereocenters. The number of rotatable bonds is 8. The van der Waals surface area contributed by atoms with Gasteiger partial charge in [-0.2, -0.15) is 4.72 Å². The minimum atomic E-state index is -3.73. The lowest BCUT2D eigenvalue weighted by molar-refractivity contribution is 0.205. The largest absolute Gasteiger partial charge is 0.496 e. The highest BCUT2D eigenvalue weighted by atomic mass is 79.9. The third-order valence-electron chi connectivity index (χ3n) is 3.69. The second-order valence-corrected chi connectivity index (χ2v) is 8.29. The average Bonchev–Trinajstić information content (AvgIpc) is 2.61. The maximum atomic E-state index is 12.9. The lowest BCUT2D eigenvalue weighted by Crippen LogP contribution is -2.30. The number of hydrogen-bond donors (Lipinski definition) is 1. The van der Waals surface area contributed by atoms with Gasteiger partial charge in [0, 0.05) is 4.47 Å². The molecule has 138 valence electrons. The van der Waals surface area contributed by atoms with E-state index in [2.05, 4.69) is 27.2 Å². The van der Waals surface area contributed by atoms with Crippen LogP contribution in [0.1, 0.15) is 24.1 Å². The third kappa shape index (κ3) is 5.30. The molecule has 0 fully saturated rings. The summed E-state index contributed by atoms with van der Waals surface area (Å²) in [6.45, 7) is 7.87. The summed E-state index contributed by atoms with van der Waals surface area (Å²) in [7, 11) is -3.73. The lowest BCUT2D eigenvalue weighted by atomic mass is 10.1. The smallest absolute Gasteiger partial charge is 0.241 e. The summed E-state index contributed by atoms with van der Waals surface area (Å²) < 4.78 is 35.1. The van der Waals surface area contributed by atoms with Crippen LogP contribution in [0.15, 0.2) is 82.4 Å². The van der Waals surface area contributed by atoms with Gasteiger partial charge in [0.1, 0.15) is 11.8 Å². The molecule has 6 heteroatoms. The van der Waals surface area contributed by atoms with Crippen molar-refractivity contribution in [3.8, 4) is 0 Å². The number of halogens is 1. The van der Waals surface area contributed by atoms with Crippen LogP contribution in [0.2, 0.25) is 0 Å². The van der Waals surface area contributed by atoms with Crippen molar-refractivity contribution in [2.45, 2.75) is 24.8 Å². The first-order valence-corrected chi connectivity index (χ1v) is 10.4. The van der Waals surface area contributed by atoms with Crippen LogP contribution in [0.4, 0.5) is 0 Å². The number of aryl methyl sites for hydroxylation is 1. The summed E-state index contributed by atoms with van der Waals surface area (Å²) in [5, 5.41) is 0. The fourth-order valence-corrected chi connectivity index (χ4v) is 3.85. The number of nitrogens with one attached hydrogen (secondary N) is 1. The van der Waals surface area contributed by atoms with Crippen LogP contribution in [0.5, 0.6) is 0 Å². The first kappa shape index (κ1) is 20.4. The Labute approximate surface area is 163 Å². The maximum absolute atomic E-state index is 12.9. The van der Waals surface area contributed by atoms with Gasteiger partial charge in [0.25, 0.3) is 0 Å². The highest BCUT2D eigenvalue weighted by molar-refractivity contribution is 9.10. The summed E-state index contributed by atoms with van der Waals surface area (Å²) in [4.78, 5) is 0.208. The van der Waals surface area contributed by atoms with E-state index in [1.54, 1.807) is 36.4 Å². The van der Waals surface area contributed by atoms with Gasteiger partial charge in [0.05, 0.1) is 11.5 Å². The highest BCUT2D eigenvalue weighted by Gasteiger charge is 2.25. The fraction of sp³-hybridized carbons (Fsp3) is 0.200. The molecule has 4 nitrogen and oxygen atoms in total. The molecule has 0 aliphatic heterocycles. The minimum absolute atomic E-state index is 0.208. The average molecular weight is 436 g/mol. The molecule has 0 heterocycles. The Morgan fingerprint density at radius 1 is 1.19 bits per heavy atom. The summed E-state index contributed by atoms with van der Waals surface area (Å²) in [6, 6.07) is 13.5. The van der Waals surface area contributed by atoms with Crippen LogP contribution in [0, 0.1) is 6.92 Å². The van der Waals surface area contributed by atoms with Gasteiger partial charge in [0.2, 0.25) is 10.0 Å². The van der Waals surface area contributed by atoms with Gasteiger partial charge >= 0.3 is 0 Å². The molecule has 0 aliphatic rings. The zero-order valence-corrected chi connectivity index (χ0v) is 17.2. The van der Waals surface area contributed by atoms with Gasteiger partial charge in [-0.3, -0.25) is 0 Å². The van der Waals surface area contributed by atoms with E-state index in [1.807, 2.05) is 38.1 Å². The van der Waals surface area contributed by atoms with Crippen LogP contribution >= 0.6 is 15.9 Å². The predicted octanol–water partition coefficient (Wildman–Crippen LogP) is 4.88. The number of hydrogen-bond acceptors (Lipinski definition) is 3. The Morgan fingerprint density at radius 2 is 1.81 bits per heavy atom. The predicted molar refractivity (Wildman–Crippen MR) is 108 cm³/mol. The summed E-state index contributed by atoms with van der Waals surface area (Å²) >= 11 is 3.40. The third-order valence-corrected chi connectivity index (χ3v) is 5.65. The normalized spacial score (nSPS) is 13.3. The van der Waals surface area contributed by atoms with E-state index in [-0.39, 0.29) is 4.90 Å². The molecule has 26 heavy (non-hydrogen) atoms. The minimum Gasteiger partial charge on any atom is -0.496 e. The van der Waals surface area contributed by atoms with E-state index < -0.39 is 16.1 Å². The van der Waals surface area contributed by atoms with Crippen molar-refractivity contribution in [1.29, 1.82) is 0 Å². The molecule has 2 rings (SSSR count). The number of ether oxygens (including phenoxy) is 1. The van der Waals surface area contributed by atoms with Gasteiger partial charge in [0.15, 0.2) is 0 Å².